The van der Waals surface area contributed by atoms with Gasteiger partial charge in [-0.2, -0.15) is 0 Å². The number of hydrogen-bond acceptors (Lipinski definition) is 2. The van der Waals surface area contributed by atoms with Gasteiger partial charge in [0.1, 0.15) is 0 Å². The average Bonchev–Trinajstić information content (AvgIpc) is 2.58. The number of aliphatic imine (C=N–C) groups is 1. The van der Waals surface area contributed by atoms with Gasteiger partial charge in [-0.15, -0.1) is 0 Å². The molecule has 0 aromatic heterocycles. The van der Waals surface area contributed by atoms with Gasteiger partial charge < -0.3 is 0 Å². The van der Waals surface area contributed by atoms with Crippen molar-refractivity contribution >= 4 is 6.21 Å². The normalized spacial score (nSPS) is 17.1. The molecule has 0 saturated carbocycles. The van der Waals surface area contributed by atoms with Crippen LogP contribution in [0.1, 0.15) is 24.0 Å². The summed E-state index contributed by atoms with van der Waals surface area (Å²) in [6.07, 6.45) is 4.54. The fraction of sp³-hybridized carbons (Fsp3) is 0.350. The molecule has 0 N–H and O–H groups in total. The second-order valence-corrected chi connectivity index (χ2v) is 6.11. The van der Waals surface area contributed by atoms with Crippen LogP contribution in [0.25, 0.3) is 0 Å². The van der Waals surface area contributed by atoms with Crippen LogP contribution in [0, 0.1) is 5.92 Å². The molecule has 0 atom stereocenters. The minimum atomic E-state index is 0.743. The van der Waals surface area contributed by atoms with Crippen LogP contribution >= 0.6 is 0 Å². The zero-order valence-corrected chi connectivity index (χ0v) is 13.1. The van der Waals surface area contributed by atoms with Gasteiger partial charge in [-0.1, -0.05) is 60.7 Å². The van der Waals surface area contributed by atoms with Crippen molar-refractivity contribution in [3.63, 3.8) is 0 Å². The summed E-state index contributed by atoms with van der Waals surface area (Å²) in [5.41, 5.74) is 2.62. The van der Waals surface area contributed by atoms with Crippen molar-refractivity contribution in [2.45, 2.75) is 19.4 Å². The van der Waals surface area contributed by atoms with Gasteiger partial charge in [0.25, 0.3) is 0 Å². The maximum atomic E-state index is 4.63. The maximum Gasteiger partial charge on any atom is 0.0418 e. The molecule has 1 aliphatic rings. The quantitative estimate of drug-likeness (QED) is 0.760. The Morgan fingerprint density at radius 2 is 1.55 bits per heavy atom. The van der Waals surface area contributed by atoms with Gasteiger partial charge in [0.15, 0.2) is 0 Å². The summed E-state index contributed by atoms with van der Waals surface area (Å²) in [5.74, 6) is 0.743. The Labute approximate surface area is 133 Å². The van der Waals surface area contributed by atoms with Crippen molar-refractivity contribution in [3.8, 4) is 0 Å². The van der Waals surface area contributed by atoms with E-state index in [1.54, 1.807) is 0 Å². The number of likely N-dealkylation sites (tertiary alicyclic amines) is 1. The smallest absolute Gasteiger partial charge is 0.0418 e. The molecule has 2 heteroatoms. The van der Waals surface area contributed by atoms with Crippen molar-refractivity contribution in [3.05, 3.63) is 71.8 Å². The number of rotatable bonds is 5. The molecule has 114 valence electrons. The highest BCUT2D eigenvalue weighted by atomic mass is 15.1. The van der Waals surface area contributed by atoms with E-state index in [0.717, 1.165) is 19.0 Å². The van der Waals surface area contributed by atoms with Crippen LogP contribution in [0.5, 0.6) is 0 Å². The molecule has 3 rings (SSSR count). The molecular weight excluding hydrogens is 268 g/mol. The van der Waals surface area contributed by atoms with Crippen molar-refractivity contribution < 1.29 is 0 Å². The lowest BCUT2D eigenvalue weighted by Gasteiger charge is -2.31. The number of benzene rings is 2. The Balaban J connectivity index is 1.41. The van der Waals surface area contributed by atoms with Crippen LogP contribution in [-0.4, -0.2) is 30.7 Å². The maximum absolute atomic E-state index is 4.63. The molecule has 0 bridgehead atoms. The third kappa shape index (κ3) is 4.54. The highest BCUT2D eigenvalue weighted by Gasteiger charge is 2.18. The van der Waals surface area contributed by atoms with Crippen molar-refractivity contribution in [1.82, 2.24) is 4.90 Å². The molecule has 2 aromatic rings. The predicted octanol–water partition coefficient (Wildman–Crippen LogP) is 4.02. The van der Waals surface area contributed by atoms with E-state index < -0.39 is 0 Å². The van der Waals surface area contributed by atoms with Crippen LogP contribution in [0.2, 0.25) is 0 Å². The first-order valence-corrected chi connectivity index (χ1v) is 8.21. The molecule has 2 aromatic carbocycles. The van der Waals surface area contributed by atoms with Gasteiger partial charge in [0, 0.05) is 19.3 Å². The number of piperidine rings is 1. The summed E-state index contributed by atoms with van der Waals surface area (Å²) >= 11 is 0. The van der Waals surface area contributed by atoms with E-state index in [0.29, 0.717) is 0 Å². The van der Waals surface area contributed by atoms with Crippen LogP contribution in [0.3, 0.4) is 0 Å². The average molecular weight is 292 g/mol. The molecule has 0 aliphatic carbocycles. The van der Waals surface area contributed by atoms with Gasteiger partial charge in [0.2, 0.25) is 0 Å². The summed E-state index contributed by atoms with van der Waals surface area (Å²) < 4.78 is 0. The van der Waals surface area contributed by atoms with Crippen LogP contribution in [0.15, 0.2) is 65.7 Å². The zero-order valence-electron chi connectivity index (χ0n) is 13.1. The second-order valence-electron chi connectivity index (χ2n) is 6.11. The first kappa shape index (κ1) is 15.0. The van der Waals surface area contributed by atoms with Gasteiger partial charge in [-0.05, 0) is 43.0 Å². The molecule has 1 heterocycles. The summed E-state index contributed by atoms with van der Waals surface area (Å²) in [6, 6.07) is 21.1. The number of hydrogen-bond donors (Lipinski definition) is 0. The molecule has 22 heavy (non-hydrogen) atoms. The third-order valence-corrected chi connectivity index (χ3v) is 4.36. The van der Waals surface area contributed by atoms with E-state index in [1.165, 1.54) is 37.1 Å². The van der Waals surface area contributed by atoms with E-state index >= 15 is 0 Å². The highest BCUT2D eigenvalue weighted by molar-refractivity contribution is 5.79. The fourth-order valence-corrected chi connectivity index (χ4v) is 3.02. The Morgan fingerprint density at radius 1 is 0.909 bits per heavy atom. The van der Waals surface area contributed by atoms with Gasteiger partial charge >= 0.3 is 0 Å². The van der Waals surface area contributed by atoms with E-state index in [2.05, 4.69) is 64.5 Å². The molecule has 1 saturated heterocycles. The van der Waals surface area contributed by atoms with E-state index in [4.69, 9.17) is 0 Å². The third-order valence-electron chi connectivity index (χ3n) is 4.36. The molecule has 1 fully saturated rings. The lowest BCUT2D eigenvalue weighted by molar-refractivity contribution is 0.181. The molecule has 0 unspecified atom stereocenters. The summed E-state index contributed by atoms with van der Waals surface area (Å²) in [4.78, 5) is 7.19. The zero-order chi connectivity index (χ0) is 15.0. The predicted molar refractivity (Wildman–Crippen MR) is 93.3 cm³/mol. The minimum absolute atomic E-state index is 0.743. The van der Waals surface area contributed by atoms with Gasteiger partial charge in [0.05, 0.1) is 0 Å². The summed E-state index contributed by atoms with van der Waals surface area (Å²) in [7, 11) is 0. The number of nitrogens with zero attached hydrogens (tertiary/aromatic N) is 2. The summed E-state index contributed by atoms with van der Waals surface area (Å²) in [6.45, 7) is 4.44. The Bertz CT molecular complexity index is 569. The van der Waals surface area contributed by atoms with Crippen LogP contribution < -0.4 is 0 Å². The molecule has 0 amide bonds. The first-order valence-electron chi connectivity index (χ1n) is 8.21. The Morgan fingerprint density at radius 3 is 2.23 bits per heavy atom. The van der Waals surface area contributed by atoms with Gasteiger partial charge in [-0.3, -0.25) is 9.89 Å². The largest absolute Gasteiger partial charge is 0.299 e. The lowest BCUT2D eigenvalue weighted by Crippen LogP contribution is -2.34. The second kappa shape index (κ2) is 7.90. The topological polar surface area (TPSA) is 15.6 Å². The molecule has 2 nitrogen and oxygen atoms in total. The Hall–Kier alpha value is -1.93. The first-order chi connectivity index (χ1) is 10.9. The van der Waals surface area contributed by atoms with E-state index in [1.807, 2.05) is 12.3 Å². The standard InChI is InChI=1S/C20H24N2/c1-3-7-18(8-4-1)15-21-16-19-11-13-22(14-12-19)17-20-9-5-2-6-10-20/h1-10,15,19H,11-14,16-17H2. The van der Waals surface area contributed by atoms with E-state index in [-0.39, 0.29) is 0 Å². The van der Waals surface area contributed by atoms with E-state index in [9.17, 15) is 0 Å². The monoisotopic (exact) mass is 292 g/mol. The molecular formula is C20H24N2. The molecule has 1 aliphatic heterocycles. The SMILES string of the molecule is C(=NCC1CCN(Cc2ccccc2)CC1)c1ccccc1. The van der Waals surface area contributed by atoms with Crippen molar-refractivity contribution in [2.75, 3.05) is 19.6 Å². The summed E-state index contributed by atoms with van der Waals surface area (Å²) in [5, 5.41) is 0. The Kier molecular flexibility index (Phi) is 5.38. The van der Waals surface area contributed by atoms with Crippen LogP contribution in [0.4, 0.5) is 0 Å². The van der Waals surface area contributed by atoms with Crippen LogP contribution in [-0.2, 0) is 6.54 Å². The molecule has 0 spiro atoms. The molecule has 0 radical (unpaired) electrons. The lowest BCUT2D eigenvalue weighted by atomic mass is 9.96. The highest BCUT2D eigenvalue weighted by Crippen LogP contribution is 2.19. The van der Waals surface area contributed by atoms with Crippen molar-refractivity contribution in [2.24, 2.45) is 10.9 Å². The van der Waals surface area contributed by atoms with Gasteiger partial charge in [-0.25, -0.2) is 0 Å². The minimum Gasteiger partial charge on any atom is -0.299 e. The van der Waals surface area contributed by atoms with Crippen molar-refractivity contribution in [1.29, 1.82) is 0 Å². The fourth-order valence-electron chi connectivity index (χ4n) is 3.02.